The van der Waals surface area contributed by atoms with Crippen molar-refractivity contribution in [3.8, 4) is 17.7 Å². The fourth-order valence-corrected chi connectivity index (χ4v) is 3.86. The van der Waals surface area contributed by atoms with Crippen LogP contribution in [0.3, 0.4) is 0 Å². The zero-order chi connectivity index (χ0) is 20.1. The molecule has 4 rings (SSSR count). The quantitative estimate of drug-likeness (QED) is 0.627. The normalized spacial score (nSPS) is 16.1. The van der Waals surface area contributed by atoms with E-state index in [2.05, 4.69) is 52.5 Å². The minimum Gasteiger partial charge on any atom is -0.459 e. The van der Waals surface area contributed by atoms with E-state index in [1.54, 1.807) is 18.4 Å². The fourth-order valence-electron chi connectivity index (χ4n) is 3.86. The highest BCUT2D eigenvalue weighted by molar-refractivity contribution is 5.54. The Morgan fingerprint density at radius 3 is 2.55 bits per heavy atom. The van der Waals surface area contributed by atoms with Gasteiger partial charge in [-0.05, 0) is 50.6 Å². The van der Waals surface area contributed by atoms with Gasteiger partial charge in [-0.2, -0.15) is 10.2 Å². The van der Waals surface area contributed by atoms with Crippen molar-refractivity contribution >= 4 is 5.88 Å². The first kappa shape index (κ1) is 19.3. The molecule has 1 aliphatic heterocycles. The van der Waals surface area contributed by atoms with Crippen LogP contribution in [0.1, 0.15) is 48.5 Å². The van der Waals surface area contributed by atoms with E-state index in [1.807, 2.05) is 0 Å². The van der Waals surface area contributed by atoms with Crippen molar-refractivity contribution in [2.24, 2.45) is 0 Å². The minimum atomic E-state index is 0.206. The fraction of sp³-hybridized carbons (Fsp3) is 0.391. The summed E-state index contributed by atoms with van der Waals surface area (Å²) in [5, 5.41) is 12.8. The maximum absolute atomic E-state index is 9.47. The van der Waals surface area contributed by atoms with Crippen LogP contribution >= 0.6 is 0 Å². The SMILES string of the molecule is Cc1ccc(C(CNc2oc(-c3ccco3)nc2C#N)N2CCCCCC2)cc1. The molecule has 1 aliphatic rings. The average molecular weight is 390 g/mol. The standard InChI is InChI=1S/C23H26N4O2/c1-17-8-10-18(11-9-17)20(27-12-4-2-3-5-13-27)16-25-22-19(15-24)26-23(29-22)21-7-6-14-28-21/h6-11,14,20,25H,2-5,12-13,16H2,1H3. The predicted octanol–water partition coefficient (Wildman–Crippen LogP) is 5.14. The minimum absolute atomic E-state index is 0.206. The number of hydrogen-bond acceptors (Lipinski definition) is 6. The molecule has 1 unspecified atom stereocenters. The summed E-state index contributed by atoms with van der Waals surface area (Å²) in [5.74, 6) is 1.22. The summed E-state index contributed by atoms with van der Waals surface area (Å²) < 4.78 is 11.2. The molecule has 29 heavy (non-hydrogen) atoms. The molecule has 1 fully saturated rings. The van der Waals surface area contributed by atoms with Crippen LogP contribution in [-0.2, 0) is 0 Å². The molecule has 0 bridgehead atoms. The molecular formula is C23H26N4O2. The van der Waals surface area contributed by atoms with E-state index in [-0.39, 0.29) is 11.7 Å². The lowest BCUT2D eigenvalue weighted by atomic mass is 10.0. The largest absolute Gasteiger partial charge is 0.459 e. The molecule has 6 heteroatoms. The number of rotatable bonds is 6. The number of nitrogens with one attached hydrogen (secondary N) is 1. The van der Waals surface area contributed by atoms with Crippen molar-refractivity contribution in [2.75, 3.05) is 25.0 Å². The second-order valence-corrected chi connectivity index (χ2v) is 7.54. The second kappa shape index (κ2) is 8.97. The van der Waals surface area contributed by atoms with Gasteiger partial charge in [0.1, 0.15) is 6.07 Å². The van der Waals surface area contributed by atoms with Gasteiger partial charge in [-0.25, -0.2) is 0 Å². The van der Waals surface area contributed by atoms with E-state index in [4.69, 9.17) is 8.83 Å². The molecule has 1 saturated heterocycles. The molecule has 0 radical (unpaired) electrons. The van der Waals surface area contributed by atoms with E-state index in [0.717, 1.165) is 13.1 Å². The Morgan fingerprint density at radius 2 is 1.90 bits per heavy atom. The summed E-state index contributed by atoms with van der Waals surface area (Å²) in [6.07, 6.45) is 6.58. The first-order valence-corrected chi connectivity index (χ1v) is 10.2. The van der Waals surface area contributed by atoms with Crippen molar-refractivity contribution in [3.05, 3.63) is 59.5 Å². The predicted molar refractivity (Wildman–Crippen MR) is 111 cm³/mol. The molecular weight excluding hydrogens is 364 g/mol. The van der Waals surface area contributed by atoms with E-state index in [0.29, 0.717) is 24.1 Å². The average Bonchev–Trinajstić information content (AvgIpc) is 3.33. The molecule has 0 amide bonds. The van der Waals surface area contributed by atoms with Crippen molar-refractivity contribution < 1.29 is 8.83 Å². The molecule has 150 valence electrons. The Kier molecular flexibility index (Phi) is 5.97. The number of aryl methyl sites for hydroxylation is 1. The van der Waals surface area contributed by atoms with Crippen LogP contribution in [0.25, 0.3) is 11.7 Å². The smallest absolute Gasteiger partial charge is 0.266 e. The van der Waals surface area contributed by atoms with Gasteiger partial charge in [-0.1, -0.05) is 42.7 Å². The van der Waals surface area contributed by atoms with Crippen molar-refractivity contribution in [3.63, 3.8) is 0 Å². The van der Waals surface area contributed by atoms with Crippen LogP contribution in [0.2, 0.25) is 0 Å². The van der Waals surface area contributed by atoms with E-state index >= 15 is 0 Å². The van der Waals surface area contributed by atoms with Gasteiger partial charge in [0.25, 0.3) is 5.89 Å². The number of furan rings is 1. The lowest BCUT2D eigenvalue weighted by Gasteiger charge is -2.31. The summed E-state index contributed by atoms with van der Waals surface area (Å²) in [6.45, 7) is 4.91. The molecule has 1 aromatic carbocycles. The Bertz CT molecular complexity index is 946. The number of nitrogens with zero attached hydrogens (tertiary/aromatic N) is 3. The Labute approximate surface area is 171 Å². The van der Waals surface area contributed by atoms with Gasteiger partial charge in [0, 0.05) is 6.54 Å². The topological polar surface area (TPSA) is 78.2 Å². The third-order valence-corrected chi connectivity index (χ3v) is 5.46. The molecule has 3 heterocycles. The van der Waals surface area contributed by atoms with Gasteiger partial charge in [0.05, 0.1) is 12.3 Å². The summed E-state index contributed by atoms with van der Waals surface area (Å²) in [4.78, 5) is 6.81. The van der Waals surface area contributed by atoms with Crippen molar-refractivity contribution in [2.45, 2.75) is 38.6 Å². The molecule has 0 saturated carbocycles. The van der Waals surface area contributed by atoms with Crippen LogP contribution in [0, 0.1) is 18.3 Å². The Hall–Kier alpha value is -3.04. The van der Waals surface area contributed by atoms with Gasteiger partial charge in [-0.3, -0.25) is 4.90 Å². The molecule has 3 aromatic rings. The first-order valence-electron chi connectivity index (χ1n) is 10.2. The zero-order valence-corrected chi connectivity index (χ0v) is 16.7. The van der Waals surface area contributed by atoms with Gasteiger partial charge in [-0.15, -0.1) is 0 Å². The van der Waals surface area contributed by atoms with Crippen LogP contribution in [0.5, 0.6) is 0 Å². The van der Waals surface area contributed by atoms with Gasteiger partial charge in [0.15, 0.2) is 5.76 Å². The third-order valence-electron chi connectivity index (χ3n) is 5.46. The number of likely N-dealkylation sites (tertiary alicyclic amines) is 1. The number of nitriles is 1. The number of aromatic nitrogens is 1. The lowest BCUT2D eigenvalue weighted by molar-refractivity contribution is 0.213. The number of oxazole rings is 1. The maximum Gasteiger partial charge on any atom is 0.266 e. The number of anilines is 1. The highest BCUT2D eigenvalue weighted by atomic mass is 16.4. The highest BCUT2D eigenvalue weighted by Crippen LogP contribution is 2.29. The number of benzene rings is 1. The molecule has 0 aliphatic carbocycles. The van der Waals surface area contributed by atoms with Crippen molar-refractivity contribution in [1.29, 1.82) is 5.26 Å². The van der Waals surface area contributed by atoms with Gasteiger partial charge >= 0.3 is 0 Å². The van der Waals surface area contributed by atoms with E-state index < -0.39 is 0 Å². The maximum atomic E-state index is 9.47. The van der Waals surface area contributed by atoms with Crippen LogP contribution < -0.4 is 5.32 Å². The van der Waals surface area contributed by atoms with E-state index in [9.17, 15) is 5.26 Å². The van der Waals surface area contributed by atoms with E-state index in [1.165, 1.54) is 36.8 Å². The molecule has 0 spiro atoms. The van der Waals surface area contributed by atoms with Crippen LogP contribution in [0.15, 0.2) is 51.5 Å². The molecule has 1 N–H and O–H groups in total. The summed E-state index contributed by atoms with van der Waals surface area (Å²) in [7, 11) is 0. The lowest BCUT2D eigenvalue weighted by Crippen LogP contribution is -2.34. The molecule has 2 aromatic heterocycles. The van der Waals surface area contributed by atoms with Crippen LogP contribution in [0.4, 0.5) is 5.88 Å². The molecule has 6 nitrogen and oxygen atoms in total. The second-order valence-electron chi connectivity index (χ2n) is 7.54. The Balaban J connectivity index is 1.56. The highest BCUT2D eigenvalue weighted by Gasteiger charge is 2.23. The zero-order valence-electron chi connectivity index (χ0n) is 16.7. The summed E-state index contributed by atoms with van der Waals surface area (Å²) >= 11 is 0. The summed E-state index contributed by atoms with van der Waals surface area (Å²) in [5.41, 5.74) is 2.77. The van der Waals surface area contributed by atoms with Gasteiger partial charge < -0.3 is 14.2 Å². The van der Waals surface area contributed by atoms with Crippen molar-refractivity contribution in [1.82, 2.24) is 9.88 Å². The van der Waals surface area contributed by atoms with Gasteiger partial charge in [0.2, 0.25) is 11.6 Å². The summed E-state index contributed by atoms with van der Waals surface area (Å²) in [6, 6.07) is 14.6. The third kappa shape index (κ3) is 4.52. The van der Waals surface area contributed by atoms with Crippen LogP contribution in [-0.4, -0.2) is 29.5 Å². The molecule has 1 atom stereocenters. The monoisotopic (exact) mass is 390 g/mol. The number of hydrogen-bond donors (Lipinski definition) is 1. The Morgan fingerprint density at radius 1 is 1.14 bits per heavy atom. The first-order chi connectivity index (χ1) is 14.2.